The van der Waals surface area contributed by atoms with E-state index >= 15 is 0 Å². The lowest BCUT2D eigenvalue weighted by Crippen LogP contribution is -2.35. The van der Waals surface area contributed by atoms with Gasteiger partial charge in [-0.3, -0.25) is 0 Å². The van der Waals surface area contributed by atoms with E-state index in [0.29, 0.717) is 17.3 Å². The summed E-state index contributed by atoms with van der Waals surface area (Å²) >= 11 is 6.48. The second kappa shape index (κ2) is 7.01. The highest BCUT2D eigenvalue weighted by Crippen LogP contribution is 2.40. The maximum absolute atomic E-state index is 10.9. The molecule has 0 atom stereocenters. The molecule has 0 amide bonds. The molecule has 0 saturated carbocycles. The van der Waals surface area contributed by atoms with E-state index in [0.717, 1.165) is 22.3 Å². The fraction of sp³-hybridized carbons (Fsp3) is 0.455. The quantitative estimate of drug-likeness (QED) is 0.683. The van der Waals surface area contributed by atoms with Gasteiger partial charge in [0, 0.05) is 33.8 Å². The third-order valence-corrected chi connectivity index (χ3v) is 4.59. The van der Waals surface area contributed by atoms with E-state index in [1.54, 1.807) is 0 Å². The van der Waals surface area contributed by atoms with Gasteiger partial charge in [0.05, 0.1) is 0 Å². The fourth-order valence-electron chi connectivity index (χ4n) is 2.67. The van der Waals surface area contributed by atoms with E-state index in [9.17, 15) is 5.11 Å². The number of halogens is 1. The molecular weight excluding hydrogens is 330 g/mol. The molecule has 2 N–H and O–H groups in total. The zero-order valence-corrected chi connectivity index (χ0v) is 17.2. The Balaban J connectivity index is 2.62. The van der Waals surface area contributed by atoms with Crippen LogP contribution < -0.4 is 5.32 Å². The van der Waals surface area contributed by atoms with Crippen LogP contribution in [0.2, 0.25) is 5.02 Å². The lowest BCUT2D eigenvalue weighted by atomic mass is 9.83. The molecule has 0 aliphatic heterocycles. The third kappa shape index (κ3) is 4.99. The molecular formula is C22H30ClNO. The first-order chi connectivity index (χ1) is 11.4. The monoisotopic (exact) mass is 359 g/mol. The largest absolute Gasteiger partial charge is 0.507 e. The lowest BCUT2D eigenvalue weighted by molar-refractivity contribution is 0.411. The smallest absolute Gasteiger partial charge is 0.127 e. The minimum atomic E-state index is -0.0220. The fourth-order valence-corrected chi connectivity index (χ4v) is 3.00. The number of aryl methyl sites for hydroxylation is 1. The van der Waals surface area contributed by atoms with Gasteiger partial charge < -0.3 is 10.4 Å². The number of phenols is 1. The van der Waals surface area contributed by atoms with Crippen molar-refractivity contribution in [2.75, 3.05) is 0 Å². The molecule has 0 fully saturated rings. The Morgan fingerprint density at radius 3 is 2.12 bits per heavy atom. The number of hydrogen-bond donors (Lipinski definition) is 2. The van der Waals surface area contributed by atoms with E-state index in [2.05, 4.69) is 59.0 Å². The maximum Gasteiger partial charge on any atom is 0.127 e. The average molecular weight is 360 g/mol. The normalized spacial score (nSPS) is 12.5. The molecule has 2 nitrogen and oxygen atoms in total. The summed E-state index contributed by atoms with van der Waals surface area (Å²) < 4.78 is 0. The molecule has 0 aliphatic rings. The number of hydrogen-bond acceptors (Lipinski definition) is 2. The molecule has 2 rings (SSSR count). The number of phenolic OH excluding ortho intramolecular Hbond substituents is 1. The summed E-state index contributed by atoms with van der Waals surface area (Å²) in [6.07, 6.45) is 0. The summed E-state index contributed by atoms with van der Waals surface area (Å²) in [4.78, 5) is 0. The summed E-state index contributed by atoms with van der Waals surface area (Å²) in [5.74, 6) is 0.301. The van der Waals surface area contributed by atoms with Crippen molar-refractivity contribution < 1.29 is 5.11 Å². The minimum Gasteiger partial charge on any atom is -0.507 e. The van der Waals surface area contributed by atoms with Gasteiger partial charge >= 0.3 is 0 Å². The molecule has 2 aromatic rings. The SMILES string of the molecule is Cc1ccc(-c2cc(C(C)(C)C)cc(CNC(C)(C)C)c2O)c(Cl)c1. The van der Waals surface area contributed by atoms with Crippen LogP contribution in [0.5, 0.6) is 5.75 Å². The second-order valence-electron chi connectivity index (χ2n) is 8.87. The van der Waals surface area contributed by atoms with E-state index in [1.165, 1.54) is 5.56 Å². The van der Waals surface area contributed by atoms with Crippen molar-refractivity contribution in [1.82, 2.24) is 5.32 Å². The molecule has 136 valence electrons. The molecule has 0 bridgehead atoms. The molecule has 0 aromatic heterocycles. The highest BCUT2D eigenvalue weighted by Gasteiger charge is 2.21. The van der Waals surface area contributed by atoms with E-state index in [-0.39, 0.29) is 11.0 Å². The molecule has 0 heterocycles. The third-order valence-electron chi connectivity index (χ3n) is 4.28. The van der Waals surface area contributed by atoms with Crippen LogP contribution in [0.4, 0.5) is 0 Å². The van der Waals surface area contributed by atoms with Crippen molar-refractivity contribution in [2.45, 2.75) is 66.0 Å². The summed E-state index contributed by atoms with van der Waals surface area (Å²) in [5, 5.41) is 15.1. The maximum atomic E-state index is 10.9. The standard InChI is InChI=1S/C22H30ClNO/c1-14-8-9-17(19(23)10-14)18-12-16(21(2,3)4)11-15(20(18)25)13-24-22(5,6)7/h8-12,24-25H,13H2,1-7H3. The van der Waals surface area contributed by atoms with Crippen molar-refractivity contribution in [2.24, 2.45) is 0 Å². The van der Waals surface area contributed by atoms with Crippen LogP contribution in [0, 0.1) is 6.92 Å². The summed E-state index contributed by atoms with van der Waals surface area (Å²) in [7, 11) is 0. The first-order valence-corrected chi connectivity index (χ1v) is 9.14. The average Bonchev–Trinajstić information content (AvgIpc) is 2.44. The van der Waals surface area contributed by atoms with Gasteiger partial charge in [-0.1, -0.05) is 50.6 Å². The summed E-state index contributed by atoms with van der Waals surface area (Å²) in [5.41, 5.74) is 4.81. The van der Waals surface area contributed by atoms with Crippen molar-refractivity contribution in [3.63, 3.8) is 0 Å². The van der Waals surface area contributed by atoms with Crippen LogP contribution in [0.3, 0.4) is 0 Å². The molecule has 0 spiro atoms. The Bertz CT molecular complexity index is 767. The summed E-state index contributed by atoms with van der Waals surface area (Å²) in [6.45, 7) is 15.5. The lowest BCUT2D eigenvalue weighted by Gasteiger charge is -2.25. The molecule has 3 heteroatoms. The Kier molecular flexibility index (Phi) is 5.56. The Hall–Kier alpha value is -1.51. The van der Waals surface area contributed by atoms with Crippen LogP contribution in [-0.2, 0) is 12.0 Å². The van der Waals surface area contributed by atoms with Crippen molar-refractivity contribution in [3.05, 3.63) is 52.0 Å². The van der Waals surface area contributed by atoms with E-state index in [4.69, 9.17) is 11.6 Å². The van der Waals surface area contributed by atoms with Gasteiger partial charge in [-0.05, 0) is 56.4 Å². The number of benzene rings is 2. The second-order valence-corrected chi connectivity index (χ2v) is 9.28. The van der Waals surface area contributed by atoms with Crippen LogP contribution in [0.25, 0.3) is 11.1 Å². The van der Waals surface area contributed by atoms with Crippen LogP contribution >= 0.6 is 11.6 Å². The first-order valence-electron chi connectivity index (χ1n) is 8.76. The highest BCUT2D eigenvalue weighted by atomic mass is 35.5. The van der Waals surface area contributed by atoms with Crippen LogP contribution in [0.1, 0.15) is 58.2 Å². The molecule has 0 unspecified atom stereocenters. The van der Waals surface area contributed by atoms with Gasteiger partial charge in [0.1, 0.15) is 5.75 Å². The van der Waals surface area contributed by atoms with Gasteiger partial charge in [-0.2, -0.15) is 0 Å². The number of nitrogens with one attached hydrogen (secondary N) is 1. The van der Waals surface area contributed by atoms with Crippen LogP contribution in [-0.4, -0.2) is 10.6 Å². The molecule has 0 radical (unpaired) electrons. The number of aromatic hydroxyl groups is 1. The Morgan fingerprint density at radius 1 is 0.960 bits per heavy atom. The zero-order chi connectivity index (χ0) is 19.0. The molecule has 25 heavy (non-hydrogen) atoms. The molecule has 0 aliphatic carbocycles. The topological polar surface area (TPSA) is 32.3 Å². The highest BCUT2D eigenvalue weighted by molar-refractivity contribution is 6.33. The Morgan fingerprint density at radius 2 is 1.60 bits per heavy atom. The van der Waals surface area contributed by atoms with Gasteiger partial charge in [-0.15, -0.1) is 0 Å². The van der Waals surface area contributed by atoms with Crippen molar-refractivity contribution in [1.29, 1.82) is 0 Å². The first kappa shape index (κ1) is 19.8. The molecule has 2 aromatic carbocycles. The zero-order valence-electron chi connectivity index (χ0n) is 16.4. The van der Waals surface area contributed by atoms with Gasteiger partial charge in [0.25, 0.3) is 0 Å². The molecule has 0 saturated heterocycles. The predicted molar refractivity (Wildman–Crippen MR) is 109 cm³/mol. The van der Waals surface area contributed by atoms with Crippen molar-refractivity contribution in [3.8, 4) is 16.9 Å². The number of rotatable bonds is 3. The predicted octanol–water partition coefficient (Wildman–Crippen LogP) is 6.21. The van der Waals surface area contributed by atoms with Crippen molar-refractivity contribution >= 4 is 11.6 Å². The van der Waals surface area contributed by atoms with E-state index < -0.39 is 0 Å². The van der Waals surface area contributed by atoms with Gasteiger partial charge in [-0.25, -0.2) is 0 Å². The summed E-state index contributed by atoms with van der Waals surface area (Å²) in [6, 6.07) is 10.1. The minimum absolute atomic E-state index is 0.0178. The van der Waals surface area contributed by atoms with Gasteiger partial charge in [0.15, 0.2) is 0 Å². The van der Waals surface area contributed by atoms with Gasteiger partial charge in [0.2, 0.25) is 0 Å². The van der Waals surface area contributed by atoms with E-state index in [1.807, 2.05) is 25.1 Å². The van der Waals surface area contributed by atoms with Crippen LogP contribution in [0.15, 0.2) is 30.3 Å². The Labute approximate surface area is 157 Å².